The van der Waals surface area contributed by atoms with Gasteiger partial charge in [0.1, 0.15) is 5.75 Å². The number of amides is 2. The molecule has 1 aliphatic carbocycles. The van der Waals surface area contributed by atoms with Gasteiger partial charge in [-0.25, -0.2) is 4.79 Å². The Morgan fingerprint density at radius 1 is 1.00 bits per heavy atom. The monoisotopic (exact) mass is 284 g/mol. The molecule has 0 unspecified atom stereocenters. The van der Waals surface area contributed by atoms with E-state index in [9.17, 15) is 9.90 Å². The molecule has 21 heavy (non-hydrogen) atoms. The highest BCUT2D eigenvalue weighted by Gasteiger charge is 2.16. The van der Waals surface area contributed by atoms with Gasteiger partial charge in [0.05, 0.1) is 5.69 Å². The highest BCUT2D eigenvalue weighted by molar-refractivity contribution is 6.03. The van der Waals surface area contributed by atoms with Gasteiger partial charge in [0.15, 0.2) is 0 Å². The van der Waals surface area contributed by atoms with Crippen LogP contribution in [0.25, 0.3) is 10.8 Å². The van der Waals surface area contributed by atoms with Crippen LogP contribution in [0.3, 0.4) is 0 Å². The van der Waals surface area contributed by atoms with Crippen LogP contribution < -0.4 is 10.6 Å². The molecule has 3 rings (SSSR count). The molecular formula is C17H20N2O2. The molecule has 2 aromatic rings. The van der Waals surface area contributed by atoms with Crippen LogP contribution in [0.4, 0.5) is 10.5 Å². The number of benzene rings is 2. The van der Waals surface area contributed by atoms with Gasteiger partial charge in [0.2, 0.25) is 0 Å². The molecule has 0 aliphatic heterocycles. The van der Waals surface area contributed by atoms with Crippen molar-refractivity contribution >= 4 is 22.5 Å². The van der Waals surface area contributed by atoms with Crippen LogP contribution in [0.2, 0.25) is 0 Å². The fraction of sp³-hybridized carbons (Fsp3) is 0.353. The lowest BCUT2D eigenvalue weighted by Crippen LogP contribution is -2.39. The van der Waals surface area contributed by atoms with E-state index < -0.39 is 0 Å². The average Bonchev–Trinajstić information content (AvgIpc) is 2.49. The van der Waals surface area contributed by atoms with E-state index >= 15 is 0 Å². The molecule has 0 atom stereocenters. The van der Waals surface area contributed by atoms with Gasteiger partial charge in [-0.1, -0.05) is 43.5 Å². The zero-order chi connectivity index (χ0) is 14.7. The molecule has 0 bridgehead atoms. The summed E-state index contributed by atoms with van der Waals surface area (Å²) in [5, 5.41) is 17.4. The Labute approximate surface area is 124 Å². The van der Waals surface area contributed by atoms with Gasteiger partial charge in [-0.2, -0.15) is 0 Å². The summed E-state index contributed by atoms with van der Waals surface area (Å²) in [6.45, 7) is 0. The zero-order valence-electron chi connectivity index (χ0n) is 11.9. The second-order valence-electron chi connectivity index (χ2n) is 5.61. The van der Waals surface area contributed by atoms with Gasteiger partial charge in [-0.3, -0.25) is 0 Å². The zero-order valence-corrected chi connectivity index (χ0v) is 11.9. The average molecular weight is 284 g/mol. The predicted molar refractivity (Wildman–Crippen MR) is 84.6 cm³/mol. The number of hydrogen-bond acceptors (Lipinski definition) is 2. The van der Waals surface area contributed by atoms with Gasteiger partial charge < -0.3 is 15.7 Å². The molecule has 0 heterocycles. The molecule has 0 aromatic heterocycles. The Bertz CT molecular complexity index is 648. The van der Waals surface area contributed by atoms with Crippen LogP contribution in [-0.2, 0) is 0 Å². The predicted octanol–water partition coefficient (Wildman–Crippen LogP) is 4.00. The first-order valence-electron chi connectivity index (χ1n) is 7.52. The maximum absolute atomic E-state index is 12.1. The van der Waals surface area contributed by atoms with Crippen molar-refractivity contribution in [3.8, 4) is 5.75 Å². The molecular weight excluding hydrogens is 264 g/mol. The smallest absolute Gasteiger partial charge is 0.319 e. The van der Waals surface area contributed by atoms with Gasteiger partial charge in [0, 0.05) is 16.8 Å². The molecule has 0 radical (unpaired) electrons. The molecule has 2 aromatic carbocycles. The highest BCUT2D eigenvalue weighted by atomic mass is 16.3. The molecule has 2 amide bonds. The number of rotatable bonds is 2. The topological polar surface area (TPSA) is 61.4 Å². The minimum atomic E-state index is -0.169. The van der Waals surface area contributed by atoms with E-state index in [1.54, 1.807) is 12.1 Å². The van der Waals surface area contributed by atoms with Crippen molar-refractivity contribution in [1.29, 1.82) is 0 Å². The normalized spacial score (nSPS) is 15.8. The second kappa shape index (κ2) is 6.04. The fourth-order valence-corrected chi connectivity index (χ4v) is 2.99. The summed E-state index contributed by atoms with van der Waals surface area (Å²) in [5.74, 6) is 0.226. The lowest BCUT2D eigenvalue weighted by Gasteiger charge is -2.23. The van der Waals surface area contributed by atoms with Crippen molar-refractivity contribution in [2.24, 2.45) is 0 Å². The Balaban J connectivity index is 1.75. The third kappa shape index (κ3) is 3.10. The van der Waals surface area contributed by atoms with Crippen LogP contribution in [0, 0.1) is 0 Å². The van der Waals surface area contributed by atoms with E-state index in [-0.39, 0.29) is 17.8 Å². The summed E-state index contributed by atoms with van der Waals surface area (Å²) >= 11 is 0. The fourth-order valence-electron chi connectivity index (χ4n) is 2.99. The van der Waals surface area contributed by atoms with Crippen LogP contribution in [0.1, 0.15) is 32.1 Å². The largest absolute Gasteiger partial charge is 0.507 e. The Kier molecular flexibility index (Phi) is 3.95. The maximum Gasteiger partial charge on any atom is 0.319 e. The van der Waals surface area contributed by atoms with E-state index in [1.807, 2.05) is 24.3 Å². The first-order chi connectivity index (χ1) is 10.2. The lowest BCUT2D eigenvalue weighted by molar-refractivity contribution is 0.244. The Hall–Kier alpha value is -2.23. The number of urea groups is 1. The molecule has 110 valence electrons. The number of fused-ring (bicyclic) bond motifs is 1. The molecule has 4 heteroatoms. The van der Waals surface area contributed by atoms with E-state index in [0.29, 0.717) is 0 Å². The summed E-state index contributed by atoms with van der Waals surface area (Å²) in [6, 6.07) is 11.0. The van der Waals surface area contributed by atoms with Crippen molar-refractivity contribution in [3.63, 3.8) is 0 Å². The van der Waals surface area contributed by atoms with E-state index in [2.05, 4.69) is 10.6 Å². The van der Waals surface area contributed by atoms with Crippen molar-refractivity contribution in [2.45, 2.75) is 38.1 Å². The quantitative estimate of drug-likeness (QED) is 0.780. The minimum Gasteiger partial charge on any atom is -0.507 e. The molecule has 0 saturated heterocycles. The van der Waals surface area contributed by atoms with E-state index in [1.165, 1.54) is 19.3 Å². The van der Waals surface area contributed by atoms with Crippen LogP contribution in [-0.4, -0.2) is 17.2 Å². The Morgan fingerprint density at radius 3 is 2.52 bits per heavy atom. The minimum absolute atomic E-state index is 0.169. The number of carbonyl (C=O) groups is 1. The molecule has 0 spiro atoms. The molecule has 1 saturated carbocycles. The summed E-state index contributed by atoms with van der Waals surface area (Å²) in [4.78, 5) is 12.1. The van der Waals surface area contributed by atoms with Gasteiger partial charge in [0.25, 0.3) is 0 Å². The molecule has 3 N–H and O–H groups in total. The summed E-state index contributed by atoms with van der Waals surface area (Å²) in [7, 11) is 0. The van der Waals surface area contributed by atoms with Crippen LogP contribution in [0.15, 0.2) is 36.4 Å². The standard InChI is InChI=1S/C17H20N2O2/c20-16-11-5-8-13-14(16)9-4-10-15(13)19-17(21)18-12-6-2-1-3-7-12/h4-5,8-12,20H,1-3,6-7H2,(H2,18,19,21). The number of aromatic hydroxyl groups is 1. The number of anilines is 1. The molecule has 1 fully saturated rings. The third-order valence-corrected chi connectivity index (χ3v) is 4.09. The first-order valence-corrected chi connectivity index (χ1v) is 7.52. The third-order valence-electron chi connectivity index (χ3n) is 4.09. The van der Waals surface area contributed by atoms with Crippen LogP contribution >= 0.6 is 0 Å². The van der Waals surface area contributed by atoms with Gasteiger partial charge in [-0.15, -0.1) is 0 Å². The number of nitrogens with one attached hydrogen (secondary N) is 2. The highest BCUT2D eigenvalue weighted by Crippen LogP contribution is 2.29. The van der Waals surface area contributed by atoms with Crippen LogP contribution in [0.5, 0.6) is 5.75 Å². The van der Waals surface area contributed by atoms with Gasteiger partial charge in [-0.05, 0) is 25.0 Å². The number of carbonyl (C=O) groups excluding carboxylic acids is 1. The maximum atomic E-state index is 12.1. The molecule has 4 nitrogen and oxygen atoms in total. The number of phenols is 1. The molecule has 1 aliphatic rings. The summed E-state index contributed by atoms with van der Waals surface area (Å²) in [6.07, 6.45) is 5.76. The first kappa shape index (κ1) is 13.7. The SMILES string of the molecule is O=C(Nc1cccc2c(O)cccc12)NC1CCCCC1. The van der Waals surface area contributed by atoms with Crippen molar-refractivity contribution < 1.29 is 9.90 Å². The summed E-state index contributed by atoms with van der Waals surface area (Å²) < 4.78 is 0. The number of phenolic OH excluding ortho intramolecular Hbond substituents is 1. The second-order valence-corrected chi connectivity index (χ2v) is 5.61. The van der Waals surface area contributed by atoms with Crippen molar-refractivity contribution in [1.82, 2.24) is 5.32 Å². The van der Waals surface area contributed by atoms with Gasteiger partial charge >= 0.3 is 6.03 Å². The number of hydrogen-bond donors (Lipinski definition) is 3. The lowest BCUT2D eigenvalue weighted by atomic mass is 9.96. The van der Waals surface area contributed by atoms with E-state index in [4.69, 9.17) is 0 Å². The van der Waals surface area contributed by atoms with Crippen molar-refractivity contribution in [3.05, 3.63) is 36.4 Å². The van der Waals surface area contributed by atoms with Crippen molar-refractivity contribution in [2.75, 3.05) is 5.32 Å². The van der Waals surface area contributed by atoms with E-state index in [0.717, 1.165) is 29.3 Å². The summed E-state index contributed by atoms with van der Waals surface area (Å²) in [5.41, 5.74) is 0.719. The Morgan fingerprint density at radius 2 is 1.71 bits per heavy atom.